The van der Waals surface area contributed by atoms with E-state index in [0.29, 0.717) is 37.2 Å². The van der Waals surface area contributed by atoms with Crippen LogP contribution < -0.4 is 0 Å². The van der Waals surface area contributed by atoms with E-state index < -0.39 is 5.60 Å². The zero-order chi connectivity index (χ0) is 14.0. The summed E-state index contributed by atoms with van der Waals surface area (Å²) in [4.78, 5) is 11.3. The topological polar surface area (TPSA) is 55.8 Å². The molecule has 2 aliphatic carbocycles. The number of hydrogen-bond acceptors (Lipinski definition) is 4. The van der Waals surface area contributed by atoms with Gasteiger partial charge in [-0.2, -0.15) is 0 Å². The van der Waals surface area contributed by atoms with Crippen molar-refractivity contribution in [2.75, 3.05) is 0 Å². The lowest BCUT2D eigenvalue weighted by Gasteiger charge is -2.34. The molecule has 1 aliphatic heterocycles. The highest BCUT2D eigenvalue weighted by molar-refractivity contribution is 5.79. The molecule has 1 fully saturated rings. The van der Waals surface area contributed by atoms with E-state index in [4.69, 9.17) is 9.47 Å². The minimum atomic E-state index is -1.08. The maximum atomic E-state index is 11.3. The van der Waals surface area contributed by atoms with Crippen LogP contribution >= 0.6 is 0 Å². The molecular weight excluding hydrogens is 256 g/mol. The Kier molecular flexibility index (Phi) is 3.49. The summed E-state index contributed by atoms with van der Waals surface area (Å²) in [6.07, 6.45) is 12.5. The van der Waals surface area contributed by atoms with Crippen LogP contribution in [0, 0.1) is 0 Å². The third-order valence-electron chi connectivity index (χ3n) is 3.99. The molecular formula is C16H18O4. The summed E-state index contributed by atoms with van der Waals surface area (Å²) in [5.41, 5.74) is -0.0213. The third-order valence-corrected chi connectivity index (χ3v) is 3.99. The van der Waals surface area contributed by atoms with Crippen LogP contribution in [0.25, 0.3) is 0 Å². The van der Waals surface area contributed by atoms with Gasteiger partial charge in [-0.3, -0.25) is 4.79 Å². The zero-order valence-corrected chi connectivity index (χ0v) is 11.3. The first-order valence-corrected chi connectivity index (χ1v) is 7.02. The Labute approximate surface area is 118 Å². The Morgan fingerprint density at radius 1 is 1.15 bits per heavy atom. The molecule has 0 unspecified atom stereocenters. The van der Waals surface area contributed by atoms with Gasteiger partial charge in [0.2, 0.25) is 0 Å². The van der Waals surface area contributed by atoms with Crippen molar-refractivity contribution in [2.24, 2.45) is 0 Å². The van der Waals surface area contributed by atoms with Crippen molar-refractivity contribution in [3.63, 3.8) is 0 Å². The Morgan fingerprint density at radius 2 is 1.95 bits per heavy atom. The van der Waals surface area contributed by atoms with Gasteiger partial charge in [0.15, 0.2) is 11.5 Å². The molecule has 20 heavy (non-hydrogen) atoms. The fourth-order valence-electron chi connectivity index (χ4n) is 2.67. The van der Waals surface area contributed by atoms with Gasteiger partial charge < -0.3 is 14.6 Å². The average Bonchev–Trinajstić information content (AvgIpc) is 2.51. The normalized spacial score (nSPS) is 25.1. The highest BCUT2D eigenvalue weighted by Gasteiger charge is 2.39. The van der Waals surface area contributed by atoms with Gasteiger partial charge in [0, 0.05) is 12.8 Å². The first-order valence-electron chi connectivity index (χ1n) is 7.02. The second-order valence-corrected chi connectivity index (χ2v) is 5.43. The molecule has 106 valence electrons. The van der Waals surface area contributed by atoms with E-state index in [0.717, 1.165) is 18.4 Å². The van der Waals surface area contributed by atoms with E-state index in [9.17, 15) is 9.90 Å². The first kappa shape index (κ1) is 13.2. The Balaban J connectivity index is 1.73. The molecule has 1 N–H and O–H groups in total. The van der Waals surface area contributed by atoms with Crippen LogP contribution in [0.4, 0.5) is 0 Å². The van der Waals surface area contributed by atoms with E-state index in [-0.39, 0.29) is 5.78 Å². The maximum absolute atomic E-state index is 11.3. The van der Waals surface area contributed by atoms with Crippen LogP contribution in [0.2, 0.25) is 0 Å². The Morgan fingerprint density at radius 3 is 2.65 bits per heavy atom. The largest absolute Gasteiger partial charge is 0.465 e. The SMILES string of the molecule is O=C1CCC(O)(C2=COC=C(C3=CC=CCC3)O2)CC1. The molecule has 0 radical (unpaired) electrons. The average molecular weight is 274 g/mol. The van der Waals surface area contributed by atoms with Crippen molar-refractivity contribution in [3.8, 4) is 0 Å². The summed E-state index contributed by atoms with van der Waals surface area (Å²) >= 11 is 0. The quantitative estimate of drug-likeness (QED) is 0.841. The van der Waals surface area contributed by atoms with Crippen molar-refractivity contribution in [1.29, 1.82) is 0 Å². The number of allylic oxidation sites excluding steroid dienone is 4. The smallest absolute Gasteiger partial charge is 0.171 e. The van der Waals surface area contributed by atoms with E-state index in [1.54, 1.807) is 6.26 Å². The van der Waals surface area contributed by atoms with Crippen LogP contribution in [0.15, 0.2) is 47.8 Å². The molecule has 0 aromatic rings. The molecule has 3 rings (SSSR count). The summed E-state index contributed by atoms with van der Waals surface area (Å²) in [6, 6.07) is 0. The second-order valence-electron chi connectivity index (χ2n) is 5.43. The highest BCUT2D eigenvalue weighted by Crippen LogP contribution is 2.37. The van der Waals surface area contributed by atoms with Gasteiger partial charge in [0.25, 0.3) is 0 Å². The Hall–Kier alpha value is -1.81. The molecule has 0 aromatic heterocycles. The molecule has 4 heteroatoms. The lowest BCUT2D eigenvalue weighted by atomic mass is 9.83. The molecule has 0 spiro atoms. The Bertz CT molecular complexity index is 527. The minimum Gasteiger partial charge on any atom is -0.465 e. The lowest BCUT2D eigenvalue weighted by molar-refractivity contribution is -0.125. The monoisotopic (exact) mass is 274 g/mol. The van der Waals surface area contributed by atoms with Crippen molar-refractivity contribution < 1.29 is 19.4 Å². The van der Waals surface area contributed by atoms with Gasteiger partial charge in [-0.15, -0.1) is 0 Å². The fourth-order valence-corrected chi connectivity index (χ4v) is 2.67. The molecule has 1 heterocycles. The van der Waals surface area contributed by atoms with Gasteiger partial charge in [-0.05, 0) is 31.3 Å². The standard InChI is InChI=1S/C16H18O4/c17-13-6-8-16(18,9-7-13)15-11-19-10-14(20-15)12-4-2-1-3-5-12/h1-2,4,10-11,18H,3,5-9H2. The van der Waals surface area contributed by atoms with Crippen LogP contribution in [-0.2, 0) is 14.3 Å². The zero-order valence-electron chi connectivity index (χ0n) is 11.3. The summed E-state index contributed by atoms with van der Waals surface area (Å²) in [7, 11) is 0. The van der Waals surface area contributed by atoms with Gasteiger partial charge in [-0.25, -0.2) is 0 Å². The lowest BCUT2D eigenvalue weighted by Crippen LogP contribution is -2.37. The van der Waals surface area contributed by atoms with Gasteiger partial charge in [0.1, 0.15) is 23.9 Å². The number of carbonyl (C=O) groups excluding carboxylic acids is 1. The van der Waals surface area contributed by atoms with Gasteiger partial charge >= 0.3 is 0 Å². The molecule has 1 saturated carbocycles. The van der Waals surface area contributed by atoms with Crippen molar-refractivity contribution in [1.82, 2.24) is 0 Å². The van der Waals surface area contributed by atoms with Crippen molar-refractivity contribution in [2.45, 2.75) is 44.1 Å². The number of Topliss-reactive ketones (excluding diaryl/α,β-unsaturated/α-hetero) is 1. The van der Waals surface area contributed by atoms with Crippen LogP contribution in [0.3, 0.4) is 0 Å². The molecule has 0 atom stereocenters. The molecule has 0 amide bonds. The fraction of sp³-hybridized carbons (Fsp3) is 0.438. The summed E-state index contributed by atoms with van der Waals surface area (Å²) in [5.74, 6) is 1.26. The second kappa shape index (κ2) is 5.29. The number of rotatable bonds is 2. The van der Waals surface area contributed by atoms with E-state index in [2.05, 4.69) is 6.08 Å². The van der Waals surface area contributed by atoms with E-state index in [1.807, 2.05) is 12.2 Å². The van der Waals surface area contributed by atoms with Gasteiger partial charge in [0.05, 0.1) is 0 Å². The van der Waals surface area contributed by atoms with Crippen LogP contribution in [-0.4, -0.2) is 16.5 Å². The molecule has 0 bridgehead atoms. The first-order chi connectivity index (χ1) is 9.67. The van der Waals surface area contributed by atoms with Crippen molar-refractivity contribution >= 4 is 5.78 Å². The summed E-state index contributed by atoms with van der Waals surface area (Å²) < 4.78 is 11.2. The molecule has 3 aliphatic rings. The van der Waals surface area contributed by atoms with E-state index >= 15 is 0 Å². The number of ketones is 1. The summed E-state index contributed by atoms with van der Waals surface area (Å²) in [5, 5.41) is 10.6. The van der Waals surface area contributed by atoms with Crippen LogP contribution in [0.1, 0.15) is 38.5 Å². The molecule has 0 aromatic carbocycles. The number of aliphatic hydroxyl groups is 1. The predicted molar refractivity (Wildman–Crippen MR) is 73.2 cm³/mol. The number of carbonyl (C=O) groups is 1. The predicted octanol–water partition coefficient (Wildman–Crippen LogP) is 2.87. The number of hydrogen-bond donors (Lipinski definition) is 1. The van der Waals surface area contributed by atoms with E-state index in [1.165, 1.54) is 6.26 Å². The molecule has 4 nitrogen and oxygen atoms in total. The number of ether oxygens (including phenoxy) is 2. The highest BCUT2D eigenvalue weighted by atomic mass is 16.6. The minimum absolute atomic E-state index is 0.197. The van der Waals surface area contributed by atoms with Crippen LogP contribution in [0.5, 0.6) is 0 Å². The third kappa shape index (κ3) is 2.56. The molecule has 0 saturated heterocycles. The maximum Gasteiger partial charge on any atom is 0.171 e. The van der Waals surface area contributed by atoms with Crippen molar-refractivity contribution in [3.05, 3.63) is 47.8 Å². The van der Waals surface area contributed by atoms with Gasteiger partial charge in [-0.1, -0.05) is 18.2 Å². The summed E-state index contributed by atoms with van der Waals surface area (Å²) in [6.45, 7) is 0.